The van der Waals surface area contributed by atoms with Crippen molar-refractivity contribution >= 4 is 22.8 Å². The molecule has 0 spiro atoms. The topological polar surface area (TPSA) is 78.5 Å². The predicted molar refractivity (Wildman–Crippen MR) is 84.4 cm³/mol. The highest BCUT2D eigenvalue weighted by Gasteiger charge is 2.08. The minimum Gasteiger partial charge on any atom is -0.365 e. The lowest BCUT2D eigenvalue weighted by Gasteiger charge is -2.09. The molecule has 0 fully saturated rings. The Bertz CT molecular complexity index is 749. The minimum absolute atomic E-state index is 0.598. The number of hydrogen-bond donors (Lipinski definition) is 3. The Kier molecular flexibility index (Phi) is 3.68. The van der Waals surface area contributed by atoms with Crippen LogP contribution in [0.4, 0.5) is 11.8 Å². The van der Waals surface area contributed by atoms with E-state index in [4.69, 9.17) is 0 Å². The van der Waals surface area contributed by atoms with Crippen LogP contribution in [0.25, 0.3) is 11.0 Å². The Balaban J connectivity index is 1.86. The summed E-state index contributed by atoms with van der Waals surface area (Å²) >= 11 is 0. The Morgan fingerprint density at radius 1 is 1.19 bits per heavy atom. The number of anilines is 2. The number of aromatic nitrogens is 4. The van der Waals surface area contributed by atoms with Crippen molar-refractivity contribution in [2.24, 2.45) is 0 Å². The molecule has 0 saturated heterocycles. The highest BCUT2D eigenvalue weighted by Crippen LogP contribution is 2.20. The summed E-state index contributed by atoms with van der Waals surface area (Å²) in [7, 11) is 0. The first-order chi connectivity index (χ1) is 10.3. The Labute approximate surface area is 123 Å². The molecule has 0 aliphatic carbocycles. The molecule has 2 aromatic heterocycles. The molecule has 6 nitrogen and oxygen atoms in total. The van der Waals surface area contributed by atoms with Gasteiger partial charge in [-0.3, -0.25) is 5.10 Å². The summed E-state index contributed by atoms with van der Waals surface area (Å²) in [6, 6.07) is 8.40. The molecule has 0 amide bonds. The average molecular weight is 282 g/mol. The lowest BCUT2D eigenvalue weighted by Crippen LogP contribution is -2.07. The van der Waals surface area contributed by atoms with E-state index in [9.17, 15) is 0 Å². The molecule has 1 aromatic carbocycles. The van der Waals surface area contributed by atoms with Crippen molar-refractivity contribution < 1.29 is 0 Å². The van der Waals surface area contributed by atoms with Gasteiger partial charge in [0.15, 0.2) is 5.65 Å². The molecule has 3 N–H and O–H groups in total. The van der Waals surface area contributed by atoms with E-state index in [1.54, 1.807) is 6.20 Å². The molecular formula is C15H18N6. The van der Waals surface area contributed by atoms with Crippen molar-refractivity contribution in [3.8, 4) is 0 Å². The maximum absolute atomic E-state index is 4.51. The lowest BCUT2D eigenvalue weighted by atomic mass is 10.1. The quantitative estimate of drug-likeness (QED) is 0.670. The van der Waals surface area contributed by atoms with Crippen molar-refractivity contribution in [1.82, 2.24) is 20.2 Å². The Morgan fingerprint density at radius 2 is 2.10 bits per heavy atom. The number of aromatic amines is 1. The van der Waals surface area contributed by atoms with Crippen molar-refractivity contribution in [2.75, 3.05) is 17.2 Å². The Morgan fingerprint density at radius 3 is 2.90 bits per heavy atom. The van der Waals surface area contributed by atoms with Crippen LogP contribution < -0.4 is 10.6 Å². The highest BCUT2D eigenvalue weighted by atomic mass is 15.2. The number of nitrogens with zero attached hydrogens (tertiary/aromatic N) is 3. The first kappa shape index (κ1) is 13.4. The zero-order valence-corrected chi connectivity index (χ0v) is 12.1. The van der Waals surface area contributed by atoms with Crippen molar-refractivity contribution in [3.63, 3.8) is 0 Å². The summed E-state index contributed by atoms with van der Waals surface area (Å²) < 4.78 is 0. The van der Waals surface area contributed by atoms with E-state index >= 15 is 0 Å². The molecule has 2 heterocycles. The van der Waals surface area contributed by atoms with Crippen molar-refractivity contribution in [2.45, 2.75) is 20.4 Å². The summed E-state index contributed by atoms with van der Waals surface area (Å²) in [5.74, 6) is 1.38. The van der Waals surface area contributed by atoms with Gasteiger partial charge in [-0.25, -0.2) is 0 Å². The smallest absolute Gasteiger partial charge is 0.226 e. The van der Waals surface area contributed by atoms with Crippen LogP contribution in [0.1, 0.15) is 18.1 Å². The molecule has 108 valence electrons. The molecule has 21 heavy (non-hydrogen) atoms. The van der Waals surface area contributed by atoms with Gasteiger partial charge in [-0.15, -0.1) is 0 Å². The predicted octanol–water partition coefficient (Wildman–Crippen LogP) is 2.71. The number of nitrogens with one attached hydrogen (secondary N) is 3. The molecular weight excluding hydrogens is 264 g/mol. The van der Waals surface area contributed by atoms with Crippen LogP contribution in [0.2, 0.25) is 0 Å². The van der Waals surface area contributed by atoms with Gasteiger partial charge >= 0.3 is 0 Å². The first-order valence-corrected chi connectivity index (χ1v) is 7.00. The van der Waals surface area contributed by atoms with E-state index in [1.807, 2.05) is 6.92 Å². The number of benzene rings is 1. The number of hydrogen-bond acceptors (Lipinski definition) is 5. The van der Waals surface area contributed by atoms with Gasteiger partial charge < -0.3 is 10.6 Å². The van der Waals surface area contributed by atoms with Crippen LogP contribution >= 0.6 is 0 Å². The molecule has 6 heteroatoms. The minimum atomic E-state index is 0.598. The fraction of sp³-hybridized carbons (Fsp3) is 0.267. The maximum atomic E-state index is 4.51. The number of aryl methyl sites for hydroxylation is 1. The standard InChI is InChI=1S/C15H18N6/c1-3-16-15-19-13(12-9-18-21-14(12)20-15)17-8-11-6-4-5-10(2)7-11/h4-7,9H,3,8H2,1-2H3,(H3,16,17,18,19,20,21). The summed E-state index contributed by atoms with van der Waals surface area (Å²) in [6.07, 6.45) is 1.74. The normalized spacial score (nSPS) is 10.8. The van der Waals surface area contributed by atoms with Crippen LogP contribution in [0, 0.1) is 6.92 Å². The van der Waals surface area contributed by atoms with Crippen molar-refractivity contribution in [3.05, 3.63) is 41.6 Å². The summed E-state index contributed by atoms with van der Waals surface area (Å²) in [5, 5.41) is 14.3. The zero-order valence-electron chi connectivity index (χ0n) is 12.1. The van der Waals surface area contributed by atoms with Gasteiger partial charge in [0, 0.05) is 13.1 Å². The van der Waals surface area contributed by atoms with Gasteiger partial charge in [0.1, 0.15) is 5.82 Å². The van der Waals surface area contributed by atoms with Gasteiger partial charge in [0.25, 0.3) is 0 Å². The lowest BCUT2D eigenvalue weighted by molar-refractivity contribution is 1.05. The third-order valence-corrected chi connectivity index (χ3v) is 3.19. The fourth-order valence-corrected chi connectivity index (χ4v) is 2.21. The first-order valence-electron chi connectivity index (χ1n) is 7.00. The highest BCUT2D eigenvalue weighted by molar-refractivity contribution is 5.86. The second kappa shape index (κ2) is 5.78. The maximum Gasteiger partial charge on any atom is 0.226 e. The van der Waals surface area contributed by atoms with E-state index in [0.717, 1.165) is 23.4 Å². The molecule has 0 aliphatic heterocycles. The van der Waals surface area contributed by atoms with Gasteiger partial charge in [0.05, 0.1) is 11.6 Å². The third kappa shape index (κ3) is 2.94. The van der Waals surface area contributed by atoms with E-state index in [1.165, 1.54) is 11.1 Å². The monoisotopic (exact) mass is 282 g/mol. The molecule has 3 rings (SSSR count). The van der Waals surface area contributed by atoms with E-state index in [0.29, 0.717) is 12.5 Å². The van der Waals surface area contributed by atoms with Gasteiger partial charge in [-0.05, 0) is 19.4 Å². The second-order valence-electron chi connectivity index (χ2n) is 4.90. The van der Waals surface area contributed by atoms with E-state index in [-0.39, 0.29) is 0 Å². The van der Waals surface area contributed by atoms with Gasteiger partial charge in [0.2, 0.25) is 5.95 Å². The van der Waals surface area contributed by atoms with Crippen LogP contribution in [-0.4, -0.2) is 26.7 Å². The molecule has 0 saturated carbocycles. The number of H-pyrrole nitrogens is 1. The largest absolute Gasteiger partial charge is 0.365 e. The van der Waals surface area contributed by atoms with E-state index in [2.05, 4.69) is 62.0 Å². The van der Waals surface area contributed by atoms with Crippen molar-refractivity contribution in [1.29, 1.82) is 0 Å². The molecule has 0 atom stereocenters. The van der Waals surface area contributed by atoms with Crippen LogP contribution in [0.5, 0.6) is 0 Å². The SMILES string of the molecule is CCNc1nc(NCc2cccc(C)c2)c2cn[nH]c2n1. The molecule has 0 bridgehead atoms. The van der Waals surface area contributed by atoms with Gasteiger partial charge in [-0.1, -0.05) is 29.8 Å². The third-order valence-electron chi connectivity index (χ3n) is 3.19. The second-order valence-corrected chi connectivity index (χ2v) is 4.90. The molecule has 0 radical (unpaired) electrons. The number of fused-ring (bicyclic) bond motifs is 1. The van der Waals surface area contributed by atoms with Gasteiger partial charge in [-0.2, -0.15) is 15.1 Å². The average Bonchev–Trinajstić information content (AvgIpc) is 2.93. The van der Waals surface area contributed by atoms with Crippen LogP contribution in [0.3, 0.4) is 0 Å². The van der Waals surface area contributed by atoms with E-state index < -0.39 is 0 Å². The molecule has 0 aliphatic rings. The summed E-state index contributed by atoms with van der Waals surface area (Å²) in [5.41, 5.74) is 3.20. The molecule has 3 aromatic rings. The zero-order chi connectivity index (χ0) is 14.7. The Hall–Kier alpha value is -2.63. The van der Waals surface area contributed by atoms with Crippen LogP contribution in [0.15, 0.2) is 30.5 Å². The summed E-state index contributed by atoms with van der Waals surface area (Å²) in [6.45, 7) is 5.59. The summed E-state index contributed by atoms with van der Waals surface area (Å²) in [4.78, 5) is 8.88. The number of rotatable bonds is 5. The van der Waals surface area contributed by atoms with Crippen LogP contribution in [-0.2, 0) is 6.54 Å². The molecule has 0 unspecified atom stereocenters. The fourth-order valence-electron chi connectivity index (χ4n) is 2.21.